The zero-order valence-corrected chi connectivity index (χ0v) is 11.4. The molecule has 0 spiro atoms. The lowest BCUT2D eigenvalue weighted by Gasteiger charge is -1.91. The van der Waals surface area contributed by atoms with Crippen molar-refractivity contribution in [2.75, 3.05) is 0 Å². The van der Waals surface area contributed by atoms with Gasteiger partial charge < -0.3 is 0 Å². The highest BCUT2D eigenvalue weighted by atomic mass is 79.9. The van der Waals surface area contributed by atoms with Crippen molar-refractivity contribution in [3.05, 3.63) is 62.8 Å². The minimum absolute atomic E-state index is 0.770. The molecule has 0 saturated heterocycles. The number of nitrogens with zero attached hydrogens (tertiary/aromatic N) is 1. The van der Waals surface area contributed by atoms with Crippen molar-refractivity contribution in [1.29, 1.82) is 0 Å². The van der Waals surface area contributed by atoms with E-state index in [0.717, 1.165) is 20.2 Å². The van der Waals surface area contributed by atoms with Gasteiger partial charge in [-0.1, -0.05) is 21.9 Å². The van der Waals surface area contributed by atoms with Gasteiger partial charge in [-0.25, -0.2) is 4.98 Å². The molecule has 0 fully saturated rings. The van der Waals surface area contributed by atoms with E-state index in [-0.39, 0.29) is 0 Å². The second-order valence-corrected chi connectivity index (χ2v) is 4.95. The van der Waals surface area contributed by atoms with Crippen LogP contribution in [0.2, 0.25) is 0 Å². The Bertz CT molecular complexity index is 483. The Morgan fingerprint density at radius 3 is 2.12 bits per heavy atom. The lowest BCUT2D eigenvalue weighted by Crippen LogP contribution is -1.80. The second kappa shape index (κ2) is 5.29. The molecule has 0 N–H and O–H groups in total. The molecule has 1 heterocycles. The largest absolute Gasteiger partial charge is 0.247 e. The Morgan fingerprint density at radius 1 is 0.812 bits per heavy atom. The Kier molecular flexibility index (Phi) is 3.76. The summed E-state index contributed by atoms with van der Waals surface area (Å²) in [6, 6.07) is 11.7. The molecule has 0 unspecified atom stereocenters. The van der Waals surface area contributed by atoms with Crippen LogP contribution >= 0.6 is 31.9 Å². The molecule has 3 heteroatoms. The summed E-state index contributed by atoms with van der Waals surface area (Å²) in [4.78, 5) is 4.18. The van der Waals surface area contributed by atoms with E-state index in [1.807, 2.05) is 36.4 Å². The van der Waals surface area contributed by atoms with Gasteiger partial charge in [0.25, 0.3) is 0 Å². The topological polar surface area (TPSA) is 12.9 Å². The minimum atomic E-state index is 0.770. The predicted octanol–water partition coefficient (Wildman–Crippen LogP) is 4.01. The molecule has 1 aromatic heterocycles. The fourth-order valence-electron chi connectivity index (χ4n) is 1.12. The van der Waals surface area contributed by atoms with E-state index >= 15 is 0 Å². The summed E-state index contributed by atoms with van der Waals surface area (Å²) in [5.74, 6) is 6.07. The van der Waals surface area contributed by atoms with Gasteiger partial charge in [0.05, 0.1) is 0 Å². The summed E-state index contributed by atoms with van der Waals surface area (Å²) < 4.78 is 2.02. The predicted molar refractivity (Wildman–Crippen MR) is 72.1 cm³/mol. The third-order valence-electron chi connectivity index (χ3n) is 1.91. The number of aromatic nitrogens is 1. The molecule has 0 aliphatic rings. The van der Waals surface area contributed by atoms with Crippen LogP contribution in [0.5, 0.6) is 0 Å². The highest BCUT2D eigenvalue weighted by molar-refractivity contribution is 9.10. The van der Waals surface area contributed by atoms with Crippen molar-refractivity contribution in [3.8, 4) is 11.8 Å². The maximum atomic E-state index is 4.18. The first kappa shape index (κ1) is 11.4. The normalized spacial score (nSPS) is 9.38. The monoisotopic (exact) mass is 335 g/mol. The van der Waals surface area contributed by atoms with Gasteiger partial charge in [0.2, 0.25) is 0 Å². The fraction of sp³-hybridized carbons (Fsp3) is 0. The molecule has 1 nitrogen and oxygen atoms in total. The lowest BCUT2D eigenvalue weighted by atomic mass is 10.2. The van der Waals surface area contributed by atoms with Gasteiger partial charge in [0.15, 0.2) is 0 Å². The summed E-state index contributed by atoms with van der Waals surface area (Å²) in [7, 11) is 0. The van der Waals surface area contributed by atoms with E-state index in [9.17, 15) is 0 Å². The average Bonchev–Trinajstić information content (AvgIpc) is 2.30. The van der Waals surface area contributed by atoms with E-state index in [0.29, 0.717) is 0 Å². The molecule has 1 aromatic carbocycles. The van der Waals surface area contributed by atoms with E-state index < -0.39 is 0 Å². The first-order chi connectivity index (χ1) is 7.74. The summed E-state index contributed by atoms with van der Waals surface area (Å²) in [6.07, 6.45) is 1.74. The van der Waals surface area contributed by atoms with E-state index in [2.05, 4.69) is 48.7 Å². The Balaban J connectivity index is 2.21. The highest BCUT2D eigenvalue weighted by Crippen LogP contribution is 2.10. The molecule has 16 heavy (non-hydrogen) atoms. The van der Waals surface area contributed by atoms with Gasteiger partial charge >= 0.3 is 0 Å². The number of hydrogen-bond donors (Lipinski definition) is 0. The third-order valence-corrected chi connectivity index (χ3v) is 2.90. The number of halogens is 2. The molecule has 0 amide bonds. The zero-order chi connectivity index (χ0) is 11.4. The number of benzene rings is 1. The van der Waals surface area contributed by atoms with Crippen molar-refractivity contribution in [2.24, 2.45) is 0 Å². The molecule has 0 atom stereocenters. The number of pyridine rings is 1. The summed E-state index contributed by atoms with van der Waals surface area (Å²) in [5.41, 5.74) is 1.75. The van der Waals surface area contributed by atoms with Crippen LogP contribution in [0.4, 0.5) is 0 Å². The molecule has 0 radical (unpaired) electrons. The third kappa shape index (κ3) is 3.19. The van der Waals surface area contributed by atoms with Crippen LogP contribution in [0.25, 0.3) is 0 Å². The zero-order valence-electron chi connectivity index (χ0n) is 8.24. The number of hydrogen-bond acceptors (Lipinski definition) is 1. The molecular formula is C13H7Br2N. The average molecular weight is 337 g/mol. The van der Waals surface area contributed by atoms with Crippen molar-refractivity contribution in [3.63, 3.8) is 0 Å². The molecule has 78 valence electrons. The SMILES string of the molecule is Brc1ccc(C#Cc2ccc(Br)cn2)cc1. The van der Waals surface area contributed by atoms with Crippen molar-refractivity contribution in [2.45, 2.75) is 0 Å². The second-order valence-electron chi connectivity index (χ2n) is 3.12. The maximum absolute atomic E-state index is 4.18. The standard InChI is InChI=1S/C13H7Br2N/c14-11-4-1-10(2-5-11)3-7-13-8-6-12(15)9-16-13/h1-2,4-6,8-9H. The van der Waals surface area contributed by atoms with Gasteiger partial charge in [-0.3, -0.25) is 0 Å². The Morgan fingerprint density at radius 2 is 1.50 bits per heavy atom. The molecule has 0 saturated carbocycles. The molecule has 2 rings (SSSR count). The van der Waals surface area contributed by atoms with Crippen LogP contribution in [-0.4, -0.2) is 4.98 Å². The van der Waals surface area contributed by atoms with Gasteiger partial charge in [-0.15, -0.1) is 0 Å². The smallest absolute Gasteiger partial charge is 0.113 e. The van der Waals surface area contributed by atoms with E-state index in [4.69, 9.17) is 0 Å². The van der Waals surface area contributed by atoms with Gasteiger partial charge in [0, 0.05) is 20.7 Å². The van der Waals surface area contributed by atoms with Gasteiger partial charge in [-0.2, -0.15) is 0 Å². The maximum Gasteiger partial charge on any atom is 0.113 e. The highest BCUT2D eigenvalue weighted by Gasteiger charge is 1.90. The molecule has 2 aromatic rings. The molecule has 0 aliphatic carbocycles. The van der Waals surface area contributed by atoms with Crippen molar-refractivity contribution in [1.82, 2.24) is 4.98 Å². The summed E-state index contributed by atoms with van der Waals surface area (Å²) in [5, 5.41) is 0. The van der Waals surface area contributed by atoms with Crippen molar-refractivity contribution < 1.29 is 0 Å². The van der Waals surface area contributed by atoms with Gasteiger partial charge in [-0.05, 0) is 58.2 Å². The minimum Gasteiger partial charge on any atom is -0.247 e. The number of rotatable bonds is 0. The molecular weight excluding hydrogens is 330 g/mol. The summed E-state index contributed by atoms with van der Waals surface area (Å²) >= 11 is 6.72. The fourth-order valence-corrected chi connectivity index (χ4v) is 1.62. The van der Waals surface area contributed by atoms with E-state index in [1.165, 1.54) is 0 Å². The van der Waals surface area contributed by atoms with Crippen LogP contribution in [0, 0.1) is 11.8 Å². The lowest BCUT2D eigenvalue weighted by molar-refractivity contribution is 1.27. The van der Waals surface area contributed by atoms with Crippen molar-refractivity contribution >= 4 is 31.9 Å². The van der Waals surface area contributed by atoms with Crippen LogP contribution in [-0.2, 0) is 0 Å². The first-order valence-electron chi connectivity index (χ1n) is 4.63. The first-order valence-corrected chi connectivity index (χ1v) is 6.22. The van der Waals surface area contributed by atoms with Gasteiger partial charge in [0.1, 0.15) is 5.69 Å². The van der Waals surface area contributed by atoms with E-state index in [1.54, 1.807) is 6.20 Å². The van der Waals surface area contributed by atoms with Crippen LogP contribution in [0.3, 0.4) is 0 Å². The van der Waals surface area contributed by atoms with Crippen LogP contribution < -0.4 is 0 Å². The Labute approximate surface area is 111 Å². The quantitative estimate of drug-likeness (QED) is 0.662. The van der Waals surface area contributed by atoms with Crippen LogP contribution in [0.15, 0.2) is 51.5 Å². The Hall–Kier alpha value is -1.11. The molecule has 0 bridgehead atoms. The van der Waals surface area contributed by atoms with Crippen LogP contribution in [0.1, 0.15) is 11.3 Å². The summed E-state index contributed by atoms with van der Waals surface area (Å²) in [6.45, 7) is 0. The molecule has 0 aliphatic heterocycles.